The number of hydrazone groups is 1. The molecule has 2 aromatic rings. The normalized spacial score (nSPS) is 14.1. The van der Waals surface area contributed by atoms with Gasteiger partial charge in [0.05, 0.1) is 17.8 Å². The summed E-state index contributed by atoms with van der Waals surface area (Å²) in [6.45, 7) is 0.530. The Bertz CT molecular complexity index is 1000. The third-order valence-corrected chi connectivity index (χ3v) is 4.64. The zero-order chi connectivity index (χ0) is 21.5. The molecule has 0 unspecified atom stereocenters. The highest BCUT2D eigenvalue weighted by Crippen LogP contribution is 2.29. The van der Waals surface area contributed by atoms with Crippen LogP contribution < -0.4 is 10.2 Å². The predicted octanol–water partition coefficient (Wildman–Crippen LogP) is 3.51. The highest BCUT2D eigenvalue weighted by atomic mass is 79.9. The van der Waals surface area contributed by atoms with Crippen molar-refractivity contribution < 1.29 is 14.5 Å². The Hall–Kier alpha value is -3.66. The molecule has 0 aliphatic carbocycles. The van der Waals surface area contributed by atoms with Crippen LogP contribution in [0.15, 0.2) is 76.2 Å². The maximum Gasteiger partial charge on any atom is 0.269 e. The second-order valence-corrected chi connectivity index (χ2v) is 7.16. The Balaban J connectivity index is 2.11. The van der Waals surface area contributed by atoms with E-state index in [2.05, 4.69) is 26.5 Å². The van der Waals surface area contributed by atoms with Crippen LogP contribution in [0.3, 0.4) is 0 Å². The van der Waals surface area contributed by atoms with E-state index in [1.807, 2.05) is 41.4 Å². The first-order valence-electron chi connectivity index (χ1n) is 8.78. The van der Waals surface area contributed by atoms with Crippen LogP contribution in [0.5, 0.6) is 5.75 Å². The van der Waals surface area contributed by atoms with Crippen molar-refractivity contribution in [3.05, 3.63) is 86.8 Å². The molecule has 1 aliphatic heterocycles. The van der Waals surface area contributed by atoms with Crippen LogP contribution in [0.4, 0.5) is 5.69 Å². The molecule has 3 rings (SSSR count). The van der Waals surface area contributed by atoms with Crippen molar-refractivity contribution in [1.29, 1.82) is 0 Å². The number of nitrogens with one attached hydrogen (secondary N) is 1. The van der Waals surface area contributed by atoms with Gasteiger partial charge in [0.25, 0.3) is 5.69 Å². The molecule has 0 spiro atoms. The number of nitrogens with zero attached hydrogens (tertiary/aromatic N) is 4. The number of nitro benzene ring substituents is 1. The van der Waals surface area contributed by atoms with E-state index in [0.29, 0.717) is 35.8 Å². The van der Waals surface area contributed by atoms with Crippen LogP contribution in [0.25, 0.3) is 5.76 Å². The fourth-order valence-electron chi connectivity index (χ4n) is 2.69. The zero-order valence-electron chi connectivity index (χ0n) is 15.9. The molecular weight excluding hydrogens is 454 g/mol. The fraction of sp³-hybridized carbons (Fsp3) is 0.100. The third kappa shape index (κ3) is 5.23. The molecule has 1 aliphatic rings. The summed E-state index contributed by atoms with van der Waals surface area (Å²) < 4.78 is 7.08. The molecule has 0 bridgehead atoms. The molecule has 9 nitrogen and oxygen atoms in total. The largest absolute Gasteiger partial charge is 0.454 e. The number of amides is 1. The molecule has 154 valence electrons. The van der Waals surface area contributed by atoms with Crippen LogP contribution in [0.1, 0.15) is 5.56 Å². The van der Waals surface area contributed by atoms with Gasteiger partial charge in [0, 0.05) is 41.6 Å². The number of benzene rings is 2. The van der Waals surface area contributed by atoms with E-state index in [1.165, 1.54) is 18.3 Å². The number of carbonyl (C=O) groups excluding carboxylic acids is 1. The van der Waals surface area contributed by atoms with Crippen LogP contribution in [0, 0.1) is 10.1 Å². The van der Waals surface area contributed by atoms with Crippen molar-refractivity contribution >= 4 is 40.0 Å². The van der Waals surface area contributed by atoms with E-state index in [9.17, 15) is 14.9 Å². The van der Waals surface area contributed by atoms with Crippen molar-refractivity contribution in [2.24, 2.45) is 5.10 Å². The summed E-state index contributed by atoms with van der Waals surface area (Å²) in [5.74, 6) is 0.987. The number of hydrogen-bond donors (Lipinski definition) is 1. The lowest BCUT2D eigenvalue weighted by Crippen LogP contribution is -2.25. The number of ether oxygens (including phenoxy) is 1. The summed E-state index contributed by atoms with van der Waals surface area (Å²) in [6, 6.07) is 13.3. The van der Waals surface area contributed by atoms with Gasteiger partial charge in [0.2, 0.25) is 6.41 Å². The molecular formula is C20H18BrN5O4. The maximum atomic E-state index is 11.0. The van der Waals surface area contributed by atoms with Gasteiger partial charge in [0.1, 0.15) is 11.4 Å². The van der Waals surface area contributed by atoms with E-state index in [-0.39, 0.29) is 5.69 Å². The van der Waals surface area contributed by atoms with Crippen molar-refractivity contribution in [2.45, 2.75) is 0 Å². The minimum Gasteiger partial charge on any atom is -0.454 e. The van der Waals surface area contributed by atoms with E-state index < -0.39 is 4.92 Å². The minimum atomic E-state index is -0.461. The van der Waals surface area contributed by atoms with Gasteiger partial charge in [0.15, 0.2) is 5.76 Å². The second-order valence-electron chi connectivity index (χ2n) is 6.25. The third-order valence-electron chi connectivity index (χ3n) is 4.11. The monoisotopic (exact) mass is 471 g/mol. The van der Waals surface area contributed by atoms with Crippen molar-refractivity contribution in [3.63, 3.8) is 0 Å². The number of non-ortho nitro benzene ring substituents is 1. The number of halogens is 1. The van der Waals surface area contributed by atoms with Crippen molar-refractivity contribution in [3.8, 4) is 5.75 Å². The van der Waals surface area contributed by atoms with Gasteiger partial charge < -0.3 is 14.5 Å². The topological polar surface area (TPSA) is 100 Å². The number of hydrogen-bond acceptors (Lipinski definition) is 7. The van der Waals surface area contributed by atoms with E-state index >= 15 is 0 Å². The second kappa shape index (κ2) is 9.70. The van der Waals surface area contributed by atoms with Gasteiger partial charge in [-0.3, -0.25) is 14.9 Å². The first-order chi connectivity index (χ1) is 14.5. The van der Waals surface area contributed by atoms with Crippen molar-refractivity contribution in [2.75, 3.05) is 13.7 Å². The molecule has 10 heteroatoms. The first kappa shape index (κ1) is 21.1. The summed E-state index contributed by atoms with van der Waals surface area (Å²) in [5, 5.41) is 14.9. The van der Waals surface area contributed by atoms with Crippen LogP contribution in [-0.2, 0) is 4.79 Å². The molecule has 30 heavy (non-hydrogen) atoms. The summed E-state index contributed by atoms with van der Waals surface area (Å²) in [4.78, 5) is 25.1. The SMILES string of the molecule is CN1C=CN(C(/C=N\NC=O)=C(\Oc2ccc(Br)cc2)c2ccc([N+](=O)[O-])cc2)C1. The van der Waals surface area contributed by atoms with Gasteiger partial charge in [-0.1, -0.05) is 15.9 Å². The summed E-state index contributed by atoms with van der Waals surface area (Å²) in [6.07, 6.45) is 5.65. The lowest BCUT2D eigenvalue weighted by atomic mass is 10.1. The van der Waals surface area contributed by atoms with Gasteiger partial charge in [-0.15, -0.1) is 0 Å². The van der Waals surface area contributed by atoms with E-state index in [1.54, 1.807) is 24.3 Å². The molecule has 1 heterocycles. The molecule has 1 N–H and O–H groups in total. The lowest BCUT2D eigenvalue weighted by molar-refractivity contribution is -0.384. The Morgan fingerprint density at radius 2 is 1.90 bits per heavy atom. The molecule has 0 saturated carbocycles. The summed E-state index contributed by atoms with van der Waals surface area (Å²) >= 11 is 3.39. The molecule has 0 atom stereocenters. The number of allylic oxidation sites excluding steroid dienone is 1. The molecule has 2 aromatic carbocycles. The highest BCUT2D eigenvalue weighted by molar-refractivity contribution is 9.10. The standard InChI is InChI=1S/C20H18BrN5O4/c1-24-10-11-25(14-24)19(12-22-23-13-27)20(30-18-8-4-16(21)5-9-18)15-2-6-17(7-3-15)26(28)29/h2-13H,14H2,1H3,(H,23,27)/b20-19-,22-12-. The average Bonchev–Trinajstić information content (AvgIpc) is 3.17. The summed E-state index contributed by atoms with van der Waals surface area (Å²) in [7, 11) is 1.91. The van der Waals surface area contributed by atoms with Crippen LogP contribution >= 0.6 is 15.9 Å². The highest BCUT2D eigenvalue weighted by Gasteiger charge is 2.20. The van der Waals surface area contributed by atoms with Gasteiger partial charge in [-0.05, 0) is 36.4 Å². The number of carbonyl (C=O) groups is 1. The first-order valence-corrected chi connectivity index (χ1v) is 9.57. The van der Waals surface area contributed by atoms with E-state index in [0.717, 1.165) is 4.47 Å². The number of nitro groups is 1. The molecule has 0 fully saturated rings. The van der Waals surface area contributed by atoms with Gasteiger partial charge in [-0.25, -0.2) is 5.43 Å². The minimum absolute atomic E-state index is 0.0274. The zero-order valence-corrected chi connectivity index (χ0v) is 17.5. The smallest absolute Gasteiger partial charge is 0.269 e. The predicted molar refractivity (Wildman–Crippen MR) is 116 cm³/mol. The maximum absolute atomic E-state index is 11.0. The van der Waals surface area contributed by atoms with Crippen LogP contribution in [-0.4, -0.2) is 41.1 Å². The number of rotatable bonds is 8. The van der Waals surface area contributed by atoms with Crippen LogP contribution in [0.2, 0.25) is 0 Å². The fourth-order valence-corrected chi connectivity index (χ4v) is 2.96. The van der Waals surface area contributed by atoms with Crippen molar-refractivity contribution in [1.82, 2.24) is 15.2 Å². The Morgan fingerprint density at radius 3 is 2.47 bits per heavy atom. The molecule has 0 radical (unpaired) electrons. The van der Waals surface area contributed by atoms with E-state index in [4.69, 9.17) is 4.74 Å². The van der Waals surface area contributed by atoms with Gasteiger partial charge >= 0.3 is 0 Å². The average molecular weight is 472 g/mol. The Labute approximate surface area is 181 Å². The quantitative estimate of drug-likeness (QED) is 0.208. The lowest BCUT2D eigenvalue weighted by Gasteiger charge is -2.22. The molecule has 0 saturated heterocycles. The summed E-state index contributed by atoms with van der Waals surface area (Å²) in [5.41, 5.74) is 3.39. The molecule has 0 aromatic heterocycles. The van der Waals surface area contributed by atoms with Gasteiger partial charge in [-0.2, -0.15) is 5.10 Å². The Kier molecular flexibility index (Phi) is 6.81. The Morgan fingerprint density at radius 1 is 1.20 bits per heavy atom. The molecule has 1 amide bonds.